The van der Waals surface area contributed by atoms with Crippen molar-refractivity contribution in [2.45, 2.75) is 44.1 Å². The van der Waals surface area contributed by atoms with E-state index in [1.807, 2.05) is 55.7 Å². The molecule has 0 aliphatic rings. The highest BCUT2D eigenvalue weighted by Crippen LogP contribution is 2.28. The van der Waals surface area contributed by atoms with Gasteiger partial charge in [-0.25, -0.2) is 0 Å². The quantitative estimate of drug-likeness (QED) is 0.295. The van der Waals surface area contributed by atoms with Crippen molar-refractivity contribution in [1.82, 2.24) is 20.1 Å². The summed E-state index contributed by atoms with van der Waals surface area (Å²) >= 11 is 1.52. The molecule has 9 heteroatoms. The Labute approximate surface area is 185 Å². The van der Waals surface area contributed by atoms with Gasteiger partial charge in [0, 0.05) is 30.0 Å². The fourth-order valence-corrected chi connectivity index (χ4v) is 3.99. The van der Waals surface area contributed by atoms with E-state index in [0.717, 1.165) is 5.56 Å². The number of hydrogen-bond donors (Lipinski definition) is 1. The molecule has 0 spiro atoms. The molecule has 0 saturated heterocycles. The van der Waals surface area contributed by atoms with Gasteiger partial charge in [-0.05, 0) is 30.5 Å². The van der Waals surface area contributed by atoms with E-state index >= 15 is 0 Å². The first-order valence-electron chi connectivity index (χ1n) is 10.0. The molecule has 1 atom stereocenters. The number of benzene rings is 2. The third-order valence-electron chi connectivity index (χ3n) is 4.55. The van der Waals surface area contributed by atoms with Crippen LogP contribution in [0.25, 0.3) is 5.69 Å². The molecular weight excluding hydrogens is 414 g/mol. The molecule has 1 amide bonds. The zero-order valence-corrected chi connectivity index (χ0v) is 18.5. The predicted molar refractivity (Wildman–Crippen MR) is 120 cm³/mol. The number of amides is 1. The Morgan fingerprint density at radius 3 is 2.39 bits per heavy atom. The number of aromatic nitrogens is 3. The van der Waals surface area contributed by atoms with Crippen LogP contribution in [0.4, 0.5) is 5.69 Å². The van der Waals surface area contributed by atoms with E-state index in [0.29, 0.717) is 28.8 Å². The average molecular weight is 440 g/mol. The number of hydrogen-bond acceptors (Lipinski definition) is 6. The van der Waals surface area contributed by atoms with Crippen molar-refractivity contribution < 1.29 is 9.72 Å². The van der Waals surface area contributed by atoms with E-state index < -0.39 is 4.92 Å². The van der Waals surface area contributed by atoms with Crippen LogP contribution in [-0.2, 0) is 10.5 Å². The van der Waals surface area contributed by atoms with Crippen LogP contribution in [0.5, 0.6) is 0 Å². The first kappa shape index (κ1) is 22.5. The fraction of sp³-hybridized carbons (Fsp3) is 0.318. The first-order chi connectivity index (χ1) is 14.8. The monoisotopic (exact) mass is 439 g/mol. The highest BCUT2D eigenvalue weighted by atomic mass is 32.2. The summed E-state index contributed by atoms with van der Waals surface area (Å²) in [5.41, 5.74) is 1.85. The van der Waals surface area contributed by atoms with Crippen LogP contribution in [0.1, 0.15) is 44.6 Å². The summed E-state index contributed by atoms with van der Waals surface area (Å²) in [5.74, 6) is 1.46. The lowest BCUT2D eigenvalue weighted by Gasteiger charge is -2.17. The van der Waals surface area contributed by atoms with Crippen molar-refractivity contribution in [3.8, 4) is 5.69 Å². The molecule has 2 aromatic carbocycles. The molecule has 0 saturated carbocycles. The SMILES string of the molecule is CC(C)CC(=O)NC(C)c1nnc(SCc2ccccc2)n1-c1ccc([N+](=O)[O-])cc1. The Morgan fingerprint density at radius 1 is 1.10 bits per heavy atom. The van der Waals surface area contributed by atoms with Gasteiger partial charge in [-0.1, -0.05) is 55.9 Å². The van der Waals surface area contributed by atoms with E-state index in [1.165, 1.54) is 23.9 Å². The van der Waals surface area contributed by atoms with Crippen LogP contribution in [0.15, 0.2) is 59.8 Å². The third kappa shape index (κ3) is 5.91. The summed E-state index contributed by atoms with van der Waals surface area (Å²) in [6.07, 6.45) is 0.422. The van der Waals surface area contributed by atoms with Crippen molar-refractivity contribution in [3.05, 3.63) is 76.1 Å². The first-order valence-corrected chi connectivity index (χ1v) is 11.0. The van der Waals surface area contributed by atoms with Crippen LogP contribution in [0, 0.1) is 16.0 Å². The summed E-state index contributed by atoms with van der Waals surface area (Å²) in [5, 5.41) is 23.3. The Bertz CT molecular complexity index is 1040. The molecule has 3 rings (SSSR count). The molecule has 8 nitrogen and oxygen atoms in total. The van der Waals surface area contributed by atoms with Crippen LogP contribution >= 0.6 is 11.8 Å². The molecular formula is C22H25N5O3S. The van der Waals surface area contributed by atoms with E-state index in [4.69, 9.17) is 0 Å². The number of nitro groups is 1. The molecule has 31 heavy (non-hydrogen) atoms. The van der Waals surface area contributed by atoms with Crippen molar-refractivity contribution >= 4 is 23.4 Å². The van der Waals surface area contributed by atoms with Crippen LogP contribution in [-0.4, -0.2) is 25.6 Å². The Balaban J connectivity index is 1.91. The van der Waals surface area contributed by atoms with Crippen molar-refractivity contribution in [3.63, 3.8) is 0 Å². The van der Waals surface area contributed by atoms with Crippen LogP contribution < -0.4 is 5.32 Å². The number of rotatable bonds is 9. The predicted octanol–water partition coefficient (Wildman–Crippen LogP) is 4.69. The van der Waals surface area contributed by atoms with E-state index in [-0.39, 0.29) is 23.6 Å². The lowest BCUT2D eigenvalue weighted by atomic mass is 10.1. The smallest absolute Gasteiger partial charge is 0.269 e. The lowest BCUT2D eigenvalue weighted by Crippen LogP contribution is -2.29. The number of nitrogens with one attached hydrogen (secondary N) is 1. The molecule has 1 unspecified atom stereocenters. The summed E-state index contributed by atoms with van der Waals surface area (Å²) in [6.45, 7) is 5.83. The Morgan fingerprint density at radius 2 is 1.77 bits per heavy atom. The maximum absolute atomic E-state index is 12.3. The number of nitro benzene ring substituents is 1. The molecule has 0 aliphatic carbocycles. The van der Waals surface area contributed by atoms with E-state index in [9.17, 15) is 14.9 Å². The highest BCUT2D eigenvalue weighted by Gasteiger charge is 2.22. The number of non-ortho nitro benzene ring substituents is 1. The highest BCUT2D eigenvalue weighted by molar-refractivity contribution is 7.98. The summed E-state index contributed by atoms with van der Waals surface area (Å²) < 4.78 is 1.84. The largest absolute Gasteiger partial charge is 0.346 e. The summed E-state index contributed by atoms with van der Waals surface area (Å²) in [6, 6.07) is 15.9. The fourth-order valence-electron chi connectivity index (χ4n) is 3.08. The number of thioether (sulfide) groups is 1. The number of carbonyl (C=O) groups is 1. The third-order valence-corrected chi connectivity index (χ3v) is 5.55. The second-order valence-corrected chi connectivity index (χ2v) is 8.55. The second kappa shape index (κ2) is 10.2. The maximum atomic E-state index is 12.3. The second-order valence-electron chi connectivity index (χ2n) is 7.61. The molecule has 0 aliphatic heterocycles. The van der Waals surface area contributed by atoms with Gasteiger partial charge < -0.3 is 5.32 Å². The normalized spacial score (nSPS) is 12.0. The molecule has 0 radical (unpaired) electrons. The zero-order chi connectivity index (χ0) is 22.4. The maximum Gasteiger partial charge on any atom is 0.269 e. The standard InChI is InChI=1S/C22H25N5O3S/c1-15(2)13-20(28)23-16(3)21-24-25-22(31-14-17-7-5-4-6-8-17)26(21)18-9-11-19(12-10-18)27(29)30/h4-12,15-16H,13-14H2,1-3H3,(H,23,28). The molecule has 1 aromatic heterocycles. The van der Waals surface area contributed by atoms with Gasteiger partial charge in [0.05, 0.1) is 11.0 Å². The molecule has 3 aromatic rings. The number of carbonyl (C=O) groups excluding carboxylic acids is 1. The summed E-state index contributed by atoms with van der Waals surface area (Å²) in [7, 11) is 0. The van der Waals surface area contributed by atoms with Gasteiger partial charge in [-0.15, -0.1) is 10.2 Å². The van der Waals surface area contributed by atoms with Gasteiger partial charge in [-0.2, -0.15) is 0 Å². The minimum atomic E-state index is -0.434. The summed E-state index contributed by atoms with van der Waals surface area (Å²) in [4.78, 5) is 22.9. The average Bonchev–Trinajstić information content (AvgIpc) is 3.16. The molecule has 0 fully saturated rings. The van der Waals surface area contributed by atoms with Crippen LogP contribution in [0.2, 0.25) is 0 Å². The van der Waals surface area contributed by atoms with Gasteiger partial charge in [0.15, 0.2) is 11.0 Å². The minimum Gasteiger partial charge on any atom is -0.346 e. The Kier molecular flexibility index (Phi) is 7.41. The van der Waals surface area contributed by atoms with Crippen molar-refractivity contribution in [2.24, 2.45) is 5.92 Å². The van der Waals surface area contributed by atoms with Gasteiger partial charge in [-0.3, -0.25) is 19.5 Å². The topological polar surface area (TPSA) is 103 Å². The van der Waals surface area contributed by atoms with Crippen LogP contribution in [0.3, 0.4) is 0 Å². The van der Waals surface area contributed by atoms with E-state index in [2.05, 4.69) is 15.5 Å². The van der Waals surface area contributed by atoms with Gasteiger partial charge in [0.25, 0.3) is 5.69 Å². The van der Waals surface area contributed by atoms with Gasteiger partial charge in [0.1, 0.15) is 0 Å². The lowest BCUT2D eigenvalue weighted by molar-refractivity contribution is -0.384. The Hall–Kier alpha value is -3.20. The molecule has 0 bridgehead atoms. The zero-order valence-electron chi connectivity index (χ0n) is 17.7. The van der Waals surface area contributed by atoms with Crippen molar-refractivity contribution in [1.29, 1.82) is 0 Å². The number of nitrogens with zero attached hydrogens (tertiary/aromatic N) is 4. The molecule has 1 heterocycles. The van der Waals surface area contributed by atoms with Gasteiger partial charge >= 0.3 is 0 Å². The van der Waals surface area contributed by atoms with Crippen molar-refractivity contribution in [2.75, 3.05) is 0 Å². The van der Waals surface area contributed by atoms with Gasteiger partial charge in [0.2, 0.25) is 5.91 Å². The molecule has 1 N–H and O–H groups in total. The van der Waals surface area contributed by atoms with E-state index in [1.54, 1.807) is 12.1 Å². The molecule has 162 valence electrons. The minimum absolute atomic E-state index is 0.00940.